The third-order valence-electron chi connectivity index (χ3n) is 3.78. The summed E-state index contributed by atoms with van der Waals surface area (Å²) in [5, 5.41) is 12.7. The fourth-order valence-corrected chi connectivity index (χ4v) is 1.83. The number of amides is 1. The highest BCUT2D eigenvalue weighted by atomic mass is 16.3. The van der Waals surface area contributed by atoms with E-state index < -0.39 is 0 Å². The van der Waals surface area contributed by atoms with E-state index in [0.29, 0.717) is 23.9 Å². The Kier molecular flexibility index (Phi) is 5.21. The van der Waals surface area contributed by atoms with Crippen molar-refractivity contribution in [3.8, 4) is 5.75 Å². The molecule has 0 heterocycles. The van der Waals surface area contributed by atoms with Crippen molar-refractivity contribution in [3.63, 3.8) is 0 Å². The molecule has 2 N–H and O–H groups in total. The smallest absolute Gasteiger partial charge is 0.224 e. The van der Waals surface area contributed by atoms with Gasteiger partial charge in [-0.2, -0.15) is 0 Å². The summed E-state index contributed by atoms with van der Waals surface area (Å²) in [5.74, 6) is 0.856. The second-order valence-corrected chi connectivity index (χ2v) is 6.96. The number of carbonyl (C=O) groups is 1. The SMILES string of the molecule is CC(C)C(C)CC(=O)Nc1cc(C(C)(C)C)ccc1O. The zero-order chi connectivity index (χ0) is 15.5. The van der Waals surface area contributed by atoms with Crippen molar-refractivity contribution in [1.82, 2.24) is 0 Å². The van der Waals surface area contributed by atoms with Gasteiger partial charge in [-0.25, -0.2) is 0 Å². The summed E-state index contributed by atoms with van der Waals surface area (Å²) in [6.45, 7) is 12.6. The second kappa shape index (κ2) is 6.29. The number of anilines is 1. The lowest BCUT2D eigenvalue weighted by Gasteiger charge is -2.21. The lowest BCUT2D eigenvalue weighted by atomic mass is 9.86. The minimum atomic E-state index is -0.0486. The van der Waals surface area contributed by atoms with Crippen molar-refractivity contribution in [1.29, 1.82) is 0 Å². The standard InChI is InChI=1S/C17H27NO2/c1-11(2)12(3)9-16(20)18-14-10-13(17(4,5)6)7-8-15(14)19/h7-8,10-12,19H,9H2,1-6H3,(H,18,20). The molecule has 0 aromatic heterocycles. The van der Waals surface area contributed by atoms with E-state index in [4.69, 9.17) is 0 Å². The molecule has 0 aliphatic heterocycles. The van der Waals surface area contributed by atoms with Crippen molar-refractivity contribution in [2.75, 3.05) is 5.32 Å². The van der Waals surface area contributed by atoms with E-state index in [0.717, 1.165) is 5.56 Å². The van der Waals surface area contributed by atoms with E-state index in [-0.39, 0.29) is 17.1 Å². The number of aromatic hydroxyl groups is 1. The van der Waals surface area contributed by atoms with Gasteiger partial charge in [-0.3, -0.25) is 4.79 Å². The highest BCUT2D eigenvalue weighted by molar-refractivity contribution is 5.92. The summed E-state index contributed by atoms with van der Waals surface area (Å²) >= 11 is 0. The zero-order valence-corrected chi connectivity index (χ0v) is 13.4. The minimum Gasteiger partial charge on any atom is -0.506 e. The van der Waals surface area contributed by atoms with Crippen LogP contribution >= 0.6 is 0 Å². The van der Waals surface area contributed by atoms with E-state index in [2.05, 4.69) is 46.9 Å². The molecule has 0 saturated heterocycles. The summed E-state index contributed by atoms with van der Waals surface area (Å²) in [4.78, 5) is 12.0. The summed E-state index contributed by atoms with van der Waals surface area (Å²) in [7, 11) is 0. The molecule has 1 aromatic rings. The largest absolute Gasteiger partial charge is 0.506 e. The molecule has 0 bridgehead atoms. The predicted molar refractivity (Wildman–Crippen MR) is 84.1 cm³/mol. The Balaban J connectivity index is 2.84. The van der Waals surface area contributed by atoms with Gasteiger partial charge in [0.1, 0.15) is 5.75 Å². The number of nitrogens with one attached hydrogen (secondary N) is 1. The average molecular weight is 277 g/mol. The molecule has 112 valence electrons. The molecular weight excluding hydrogens is 250 g/mol. The molecule has 0 saturated carbocycles. The Morgan fingerprint density at radius 2 is 1.85 bits per heavy atom. The summed E-state index contributed by atoms with van der Waals surface area (Å²) in [6.07, 6.45) is 0.469. The maximum absolute atomic E-state index is 12.0. The van der Waals surface area contributed by atoms with Gasteiger partial charge in [0.15, 0.2) is 0 Å². The van der Waals surface area contributed by atoms with Crippen molar-refractivity contribution in [2.45, 2.75) is 53.4 Å². The lowest BCUT2D eigenvalue weighted by Crippen LogP contribution is -2.18. The molecule has 1 unspecified atom stereocenters. The maximum Gasteiger partial charge on any atom is 0.224 e. The molecule has 1 aromatic carbocycles. The normalized spacial score (nSPS) is 13.3. The first-order valence-electron chi connectivity index (χ1n) is 7.24. The van der Waals surface area contributed by atoms with Crippen LogP contribution in [0.4, 0.5) is 5.69 Å². The molecule has 1 atom stereocenters. The molecule has 20 heavy (non-hydrogen) atoms. The quantitative estimate of drug-likeness (QED) is 0.806. The highest BCUT2D eigenvalue weighted by Crippen LogP contribution is 2.31. The van der Waals surface area contributed by atoms with E-state index in [1.807, 2.05) is 12.1 Å². The van der Waals surface area contributed by atoms with Gasteiger partial charge in [0.25, 0.3) is 0 Å². The van der Waals surface area contributed by atoms with Crippen LogP contribution in [0.5, 0.6) is 5.75 Å². The zero-order valence-electron chi connectivity index (χ0n) is 13.4. The Bertz CT molecular complexity index is 472. The van der Waals surface area contributed by atoms with Crippen LogP contribution in [0.2, 0.25) is 0 Å². The third-order valence-corrected chi connectivity index (χ3v) is 3.78. The summed E-state index contributed by atoms with van der Waals surface area (Å²) in [5.41, 5.74) is 1.57. The molecule has 1 amide bonds. The lowest BCUT2D eigenvalue weighted by molar-refractivity contribution is -0.117. The van der Waals surface area contributed by atoms with Crippen LogP contribution in [-0.4, -0.2) is 11.0 Å². The Morgan fingerprint density at radius 1 is 1.25 bits per heavy atom. The molecule has 0 fully saturated rings. The monoisotopic (exact) mass is 277 g/mol. The van der Waals surface area contributed by atoms with Crippen LogP contribution in [0, 0.1) is 11.8 Å². The Hall–Kier alpha value is -1.51. The molecule has 3 heteroatoms. The van der Waals surface area contributed by atoms with Crippen molar-refractivity contribution in [2.24, 2.45) is 11.8 Å². The van der Waals surface area contributed by atoms with Gasteiger partial charge in [0.2, 0.25) is 5.91 Å². The third kappa shape index (κ3) is 4.55. The van der Waals surface area contributed by atoms with E-state index in [1.54, 1.807) is 6.07 Å². The first-order chi connectivity index (χ1) is 9.11. The van der Waals surface area contributed by atoms with Crippen LogP contribution in [0.1, 0.15) is 53.5 Å². The molecule has 0 aliphatic rings. The fraction of sp³-hybridized carbons (Fsp3) is 0.588. The van der Waals surface area contributed by atoms with E-state index in [1.165, 1.54) is 0 Å². The van der Waals surface area contributed by atoms with Crippen LogP contribution < -0.4 is 5.32 Å². The molecule has 0 spiro atoms. The van der Waals surface area contributed by atoms with Gasteiger partial charge < -0.3 is 10.4 Å². The Morgan fingerprint density at radius 3 is 2.35 bits per heavy atom. The minimum absolute atomic E-state index is 0.0155. The number of phenols is 1. The first kappa shape index (κ1) is 16.5. The van der Waals surface area contributed by atoms with Gasteiger partial charge >= 0.3 is 0 Å². The average Bonchev–Trinajstić information content (AvgIpc) is 2.30. The molecule has 0 aliphatic carbocycles. The highest BCUT2D eigenvalue weighted by Gasteiger charge is 2.17. The van der Waals surface area contributed by atoms with Crippen LogP contribution in [0.15, 0.2) is 18.2 Å². The van der Waals surface area contributed by atoms with Gasteiger partial charge in [0, 0.05) is 6.42 Å². The summed E-state index contributed by atoms with van der Waals surface area (Å²) in [6, 6.07) is 5.39. The van der Waals surface area contributed by atoms with Crippen LogP contribution in [-0.2, 0) is 10.2 Å². The van der Waals surface area contributed by atoms with Gasteiger partial charge in [-0.05, 0) is 34.9 Å². The molecular formula is C17H27NO2. The number of rotatable bonds is 4. The van der Waals surface area contributed by atoms with Gasteiger partial charge in [-0.1, -0.05) is 47.6 Å². The summed E-state index contributed by atoms with van der Waals surface area (Å²) < 4.78 is 0. The second-order valence-electron chi connectivity index (χ2n) is 6.96. The predicted octanol–water partition coefficient (Wildman–Crippen LogP) is 4.31. The molecule has 3 nitrogen and oxygen atoms in total. The molecule has 1 rings (SSSR count). The van der Waals surface area contributed by atoms with Crippen LogP contribution in [0.3, 0.4) is 0 Å². The van der Waals surface area contributed by atoms with Crippen molar-refractivity contribution >= 4 is 11.6 Å². The number of hydrogen-bond acceptors (Lipinski definition) is 2. The van der Waals surface area contributed by atoms with E-state index in [9.17, 15) is 9.90 Å². The molecule has 0 radical (unpaired) electrons. The van der Waals surface area contributed by atoms with Gasteiger partial charge in [-0.15, -0.1) is 0 Å². The van der Waals surface area contributed by atoms with E-state index >= 15 is 0 Å². The topological polar surface area (TPSA) is 49.3 Å². The maximum atomic E-state index is 12.0. The fourth-order valence-electron chi connectivity index (χ4n) is 1.83. The Labute approximate surface area is 122 Å². The van der Waals surface area contributed by atoms with Crippen molar-refractivity contribution < 1.29 is 9.90 Å². The van der Waals surface area contributed by atoms with Crippen molar-refractivity contribution in [3.05, 3.63) is 23.8 Å². The number of hydrogen-bond donors (Lipinski definition) is 2. The van der Waals surface area contributed by atoms with Gasteiger partial charge in [0.05, 0.1) is 5.69 Å². The number of phenolic OH excluding ortho intramolecular Hbond substituents is 1. The first-order valence-corrected chi connectivity index (χ1v) is 7.24. The van der Waals surface area contributed by atoms with Crippen LogP contribution in [0.25, 0.3) is 0 Å². The number of benzene rings is 1. The number of carbonyl (C=O) groups excluding carboxylic acids is 1.